The van der Waals surface area contributed by atoms with E-state index in [9.17, 15) is 18.0 Å². The number of rotatable bonds is 8. The van der Waals surface area contributed by atoms with Gasteiger partial charge in [0.05, 0.1) is 22.9 Å². The first-order valence-corrected chi connectivity index (χ1v) is 12.3. The molecule has 2 aromatic rings. The predicted octanol–water partition coefficient (Wildman–Crippen LogP) is 3.27. The summed E-state index contributed by atoms with van der Waals surface area (Å²) >= 11 is 0. The van der Waals surface area contributed by atoms with Crippen LogP contribution in [-0.2, 0) is 19.6 Å². The number of esters is 1. The van der Waals surface area contributed by atoms with Gasteiger partial charge < -0.3 is 9.64 Å². The number of hydrogen-bond acceptors (Lipinski definition) is 6. The van der Waals surface area contributed by atoms with Crippen molar-refractivity contribution in [2.24, 2.45) is 0 Å². The molecular formula is C24H27N3O5S. The SMILES string of the molecule is Cc1ccc(S(=O)(=O)N2CCCCC2)cc1C(=O)OCC(=O)N(CCC#N)c1ccccc1. The third-order valence-electron chi connectivity index (χ3n) is 5.52. The fourth-order valence-electron chi connectivity index (χ4n) is 3.69. The summed E-state index contributed by atoms with van der Waals surface area (Å²) in [6.45, 7) is 2.24. The maximum atomic E-state index is 13.0. The lowest BCUT2D eigenvalue weighted by atomic mass is 10.1. The van der Waals surface area contributed by atoms with Crippen LogP contribution in [0.4, 0.5) is 5.69 Å². The standard InChI is InChI=1S/C24H27N3O5S/c1-19-11-12-21(33(30,31)26-14-6-3-7-15-26)17-22(19)24(29)32-18-23(28)27(16-8-13-25)20-9-4-2-5-10-20/h2,4-5,9-12,17H,3,6-8,14-16,18H2,1H3. The summed E-state index contributed by atoms with van der Waals surface area (Å²) in [6, 6.07) is 15.2. The van der Waals surface area contributed by atoms with Crippen LogP contribution in [0.3, 0.4) is 0 Å². The van der Waals surface area contributed by atoms with E-state index >= 15 is 0 Å². The van der Waals surface area contributed by atoms with Gasteiger partial charge in [-0.3, -0.25) is 4.79 Å². The predicted molar refractivity (Wildman–Crippen MR) is 123 cm³/mol. The number of nitrogens with zero attached hydrogens (tertiary/aromatic N) is 3. The molecule has 0 atom stereocenters. The zero-order valence-electron chi connectivity index (χ0n) is 18.6. The topological polar surface area (TPSA) is 108 Å². The monoisotopic (exact) mass is 469 g/mol. The van der Waals surface area contributed by atoms with Crippen LogP contribution in [0.25, 0.3) is 0 Å². The van der Waals surface area contributed by atoms with Crippen LogP contribution < -0.4 is 4.90 Å². The van der Waals surface area contributed by atoms with Crippen LogP contribution in [0.15, 0.2) is 53.4 Å². The maximum Gasteiger partial charge on any atom is 0.338 e. The van der Waals surface area contributed by atoms with Crippen molar-refractivity contribution in [1.82, 2.24) is 4.31 Å². The molecule has 1 amide bonds. The van der Waals surface area contributed by atoms with Gasteiger partial charge in [0.1, 0.15) is 0 Å². The molecule has 8 nitrogen and oxygen atoms in total. The number of sulfonamides is 1. The van der Waals surface area contributed by atoms with Gasteiger partial charge >= 0.3 is 5.97 Å². The van der Waals surface area contributed by atoms with Crippen molar-refractivity contribution < 1.29 is 22.7 Å². The molecule has 0 unspecified atom stereocenters. The molecule has 9 heteroatoms. The van der Waals surface area contributed by atoms with Crippen LogP contribution in [-0.4, -0.2) is 50.8 Å². The van der Waals surface area contributed by atoms with Crippen LogP contribution in [0.1, 0.15) is 41.6 Å². The van der Waals surface area contributed by atoms with Crippen LogP contribution >= 0.6 is 0 Å². The van der Waals surface area contributed by atoms with Crippen LogP contribution in [0.5, 0.6) is 0 Å². The normalized spacial score (nSPS) is 14.3. The zero-order chi connectivity index (χ0) is 23.8. The Kier molecular flexibility index (Phi) is 8.20. The number of anilines is 1. The number of amides is 1. The first-order valence-electron chi connectivity index (χ1n) is 10.8. The van der Waals surface area contributed by atoms with E-state index < -0.39 is 28.5 Å². The Morgan fingerprint density at radius 2 is 1.79 bits per heavy atom. The minimum atomic E-state index is -3.71. The summed E-state index contributed by atoms with van der Waals surface area (Å²) < 4.78 is 32.6. The largest absolute Gasteiger partial charge is 0.452 e. The van der Waals surface area contributed by atoms with Crippen molar-refractivity contribution >= 4 is 27.6 Å². The fraction of sp³-hybridized carbons (Fsp3) is 0.375. The lowest BCUT2D eigenvalue weighted by Gasteiger charge is -2.26. The molecule has 0 bridgehead atoms. The van der Waals surface area contributed by atoms with Gasteiger partial charge in [0.15, 0.2) is 6.61 Å². The zero-order valence-corrected chi connectivity index (χ0v) is 19.4. The van der Waals surface area contributed by atoms with Gasteiger partial charge in [-0.05, 0) is 49.6 Å². The lowest BCUT2D eigenvalue weighted by molar-refractivity contribution is -0.121. The molecule has 174 valence electrons. The number of piperidine rings is 1. The number of nitriles is 1. The fourth-order valence-corrected chi connectivity index (χ4v) is 5.23. The third kappa shape index (κ3) is 5.97. The second-order valence-corrected chi connectivity index (χ2v) is 9.74. The second-order valence-electron chi connectivity index (χ2n) is 7.81. The Balaban J connectivity index is 1.73. The molecule has 1 aliphatic rings. The highest BCUT2D eigenvalue weighted by Crippen LogP contribution is 2.23. The average molecular weight is 470 g/mol. The van der Waals surface area contributed by atoms with Crippen molar-refractivity contribution in [2.75, 3.05) is 31.1 Å². The maximum absolute atomic E-state index is 13.0. The Morgan fingerprint density at radius 3 is 2.45 bits per heavy atom. The molecule has 0 spiro atoms. The lowest BCUT2D eigenvalue weighted by Crippen LogP contribution is -2.36. The Hall–Kier alpha value is -3.22. The number of benzene rings is 2. The smallest absolute Gasteiger partial charge is 0.338 e. The number of carbonyl (C=O) groups is 2. The van der Waals surface area contributed by atoms with E-state index in [1.165, 1.54) is 21.3 Å². The van der Waals surface area contributed by atoms with E-state index in [2.05, 4.69) is 0 Å². The molecule has 0 aliphatic carbocycles. The molecule has 1 aliphatic heterocycles. The Bertz CT molecular complexity index is 1140. The van der Waals surface area contributed by atoms with Gasteiger partial charge in [0.25, 0.3) is 5.91 Å². The summed E-state index contributed by atoms with van der Waals surface area (Å²) in [7, 11) is -3.71. The molecule has 1 heterocycles. The van der Waals surface area contributed by atoms with Crippen molar-refractivity contribution in [1.29, 1.82) is 5.26 Å². The summed E-state index contributed by atoms with van der Waals surface area (Å²) in [4.78, 5) is 26.9. The van der Waals surface area contributed by atoms with Crippen molar-refractivity contribution in [3.63, 3.8) is 0 Å². The van der Waals surface area contributed by atoms with Gasteiger partial charge in [-0.1, -0.05) is 30.7 Å². The Morgan fingerprint density at radius 1 is 1.09 bits per heavy atom. The first kappa shape index (κ1) is 24.4. The molecular weight excluding hydrogens is 442 g/mol. The van der Waals surface area contributed by atoms with Crippen molar-refractivity contribution in [3.05, 3.63) is 59.7 Å². The van der Waals surface area contributed by atoms with Crippen molar-refractivity contribution in [3.8, 4) is 6.07 Å². The van der Waals surface area contributed by atoms with Crippen LogP contribution in [0, 0.1) is 18.3 Å². The summed E-state index contributed by atoms with van der Waals surface area (Å²) in [5.41, 5.74) is 1.25. The van der Waals surface area contributed by atoms with E-state index in [4.69, 9.17) is 10.00 Å². The molecule has 33 heavy (non-hydrogen) atoms. The van der Waals surface area contributed by atoms with E-state index in [-0.39, 0.29) is 23.4 Å². The van der Waals surface area contributed by atoms with Gasteiger partial charge in [0.2, 0.25) is 10.0 Å². The summed E-state index contributed by atoms with van der Waals surface area (Å²) in [5.74, 6) is -1.25. The van der Waals surface area contributed by atoms with E-state index in [1.54, 1.807) is 37.3 Å². The molecule has 3 rings (SSSR count). The van der Waals surface area contributed by atoms with Gasteiger partial charge in [0, 0.05) is 25.3 Å². The molecule has 0 N–H and O–H groups in total. The van der Waals surface area contributed by atoms with Crippen LogP contribution in [0.2, 0.25) is 0 Å². The summed E-state index contributed by atoms with van der Waals surface area (Å²) in [5, 5.41) is 8.90. The highest BCUT2D eigenvalue weighted by Gasteiger charge is 2.27. The number of hydrogen-bond donors (Lipinski definition) is 0. The van der Waals surface area contributed by atoms with Gasteiger partial charge in [-0.25, -0.2) is 13.2 Å². The molecule has 1 saturated heterocycles. The number of carbonyl (C=O) groups excluding carboxylic acids is 2. The molecule has 0 radical (unpaired) electrons. The molecule has 1 fully saturated rings. The van der Waals surface area contributed by atoms with E-state index in [1.807, 2.05) is 12.1 Å². The number of para-hydroxylation sites is 1. The second kappa shape index (κ2) is 11.1. The van der Waals surface area contributed by atoms with Crippen molar-refractivity contribution in [2.45, 2.75) is 37.5 Å². The minimum absolute atomic E-state index is 0.0354. The average Bonchev–Trinajstić information content (AvgIpc) is 2.84. The van der Waals surface area contributed by atoms with Gasteiger partial charge in [-0.15, -0.1) is 0 Å². The minimum Gasteiger partial charge on any atom is -0.452 e. The third-order valence-corrected chi connectivity index (χ3v) is 7.42. The van der Waals surface area contributed by atoms with E-state index in [0.717, 1.165) is 19.3 Å². The molecule has 0 aromatic heterocycles. The molecule has 2 aromatic carbocycles. The van der Waals surface area contributed by atoms with E-state index in [0.29, 0.717) is 24.3 Å². The Labute approximate surface area is 194 Å². The number of ether oxygens (including phenoxy) is 1. The number of aryl methyl sites for hydroxylation is 1. The highest BCUT2D eigenvalue weighted by atomic mass is 32.2. The first-order chi connectivity index (χ1) is 15.8. The van der Waals surface area contributed by atoms with Gasteiger partial charge in [-0.2, -0.15) is 9.57 Å². The summed E-state index contributed by atoms with van der Waals surface area (Å²) in [6.07, 6.45) is 2.75. The molecule has 0 saturated carbocycles. The quantitative estimate of drug-likeness (QED) is 0.549. The highest BCUT2D eigenvalue weighted by molar-refractivity contribution is 7.89.